The average Bonchev–Trinajstić information content (AvgIpc) is 2.86. The van der Waals surface area contributed by atoms with Gasteiger partial charge in [0.15, 0.2) is 0 Å². The minimum atomic E-state index is -0.167. The van der Waals surface area contributed by atoms with Crippen LogP contribution in [-0.2, 0) is 31.2 Å². The van der Waals surface area contributed by atoms with E-state index in [1.165, 1.54) is 0 Å². The summed E-state index contributed by atoms with van der Waals surface area (Å²) >= 11 is 0. The molecule has 0 aromatic rings. The molecule has 0 saturated carbocycles. The first kappa shape index (κ1) is 27.0. The fourth-order valence-corrected chi connectivity index (χ4v) is 0.481. The van der Waals surface area contributed by atoms with E-state index in [4.69, 9.17) is 19.7 Å². The third kappa shape index (κ3) is 54.7. The van der Waals surface area contributed by atoms with Crippen LogP contribution in [0.3, 0.4) is 0 Å². The van der Waals surface area contributed by atoms with Gasteiger partial charge in [0.1, 0.15) is 6.10 Å². The van der Waals surface area contributed by atoms with Crippen LogP contribution in [0.1, 0.15) is 34.1 Å². The molecule has 0 spiro atoms. The first-order valence-corrected chi connectivity index (χ1v) is 5.74. The molecule has 1 aliphatic heterocycles. The van der Waals surface area contributed by atoms with Gasteiger partial charge in [0.25, 0.3) is 0 Å². The van der Waals surface area contributed by atoms with Gasteiger partial charge in [-0.15, -0.1) is 0 Å². The van der Waals surface area contributed by atoms with E-state index in [-0.39, 0.29) is 41.4 Å². The number of ether oxygens (including phenoxy) is 2. The van der Waals surface area contributed by atoms with Crippen molar-refractivity contribution >= 4 is 0 Å². The molecule has 1 fully saturated rings. The third-order valence-electron chi connectivity index (χ3n) is 0.995. The van der Waals surface area contributed by atoms with E-state index >= 15 is 0 Å². The standard InChI is InChI=1S/C6H11O2.2C3H8O.CH3.Ti/c1-2-3-7-4-6-5-8-6;2*1-3(2)4;;/h6H,1-5H2;2*3-4H,1-2H3;1H3;/q-1;;;-1;+2. The second-order valence-corrected chi connectivity index (χ2v) is 4.07. The Balaban J connectivity index is -0.0000000860. The number of hydrogen-bond donors (Lipinski definition) is 2. The summed E-state index contributed by atoms with van der Waals surface area (Å²) in [6, 6.07) is 0. The van der Waals surface area contributed by atoms with Crippen LogP contribution in [0.4, 0.5) is 0 Å². The normalized spacial score (nSPS) is 15.5. The van der Waals surface area contributed by atoms with Gasteiger partial charge in [0, 0.05) is 18.8 Å². The molecule has 0 aliphatic carbocycles. The Bertz CT molecular complexity index is 117. The Kier molecular flexibility index (Phi) is 29.8. The summed E-state index contributed by atoms with van der Waals surface area (Å²) in [5.41, 5.74) is 0. The van der Waals surface area contributed by atoms with Crippen molar-refractivity contribution in [3.63, 3.8) is 0 Å². The van der Waals surface area contributed by atoms with Gasteiger partial charge < -0.3 is 34.0 Å². The van der Waals surface area contributed by atoms with Crippen molar-refractivity contribution < 1.29 is 41.4 Å². The molecule has 1 heterocycles. The fourth-order valence-electron chi connectivity index (χ4n) is 0.481. The molecule has 5 heteroatoms. The molecule has 0 bridgehead atoms. The van der Waals surface area contributed by atoms with Gasteiger partial charge in [-0.25, -0.2) is 0 Å². The molecule has 2 N–H and O–H groups in total. The molecule has 1 saturated heterocycles. The number of rotatable bonds is 4. The Morgan fingerprint density at radius 2 is 1.56 bits per heavy atom. The predicted octanol–water partition coefficient (Wildman–Crippen LogP) is 1.85. The molecule has 110 valence electrons. The average molecular weight is 298 g/mol. The summed E-state index contributed by atoms with van der Waals surface area (Å²) < 4.78 is 10.0. The summed E-state index contributed by atoms with van der Waals surface area (Å²) in [6.45, 7) is 12.9. The van der Waals surface area contributed by atoms with Crippen molar-refractivity contribution in [2.24, 2.45) is 0 Å². The summed E-state index contributed by atoms with van der Waals surface area (Å²) in [6.07, 6.45) is 0.925. The van der Waals surface area contributed by atoms with E-state index in [1.54, 1.807) is 27.7 Å². The van der Waals surface area contributed by atoms with Crippen molar-refractivity contribution in [1.29, 1.82) is 0 Å². The molecule has 18 heavy (non-hydrogen) atoms. The minimum absolute atomic E-state index is 0. The zero-order valence-corrected chi connectivity index (χ0v) is 14.0. The largest absolute Gasteiger partial charge is 2.00 e. The molecule has 0 amide bonds. The zero-order valence-electron chi connectivity index (χ0n) is 12.5. The smallest absolute Gasteiger partial charge is 0.394 e. The monoisotopic (exact) mass is 298 g/mol. The molecule has 1 unspecified atom stereocenters. The van der Waals surface area contributed by atoms with E-state index < -0.39 is 0 Å². The van der Waals surface area contributed by atoms with Crippen LogP contribution in [0, 0.1) is 14.4 Å². The molecule has 0 aromatic heterocycles. The number of aliphatic hydroxyl groups excluding tert-OH is 2. The van der Waals surface area contributed by atoms with Crippen LogP contribution < -0.4 is 0 Å². The molecule has 4 nitrogen and oxygen atoms in total. The Labute approximate surface area is 128 Å². The molecule has 0 aromatic carbocycles. The van der Waals surface area contributed by atoms with Gasteiger partial charge in [-0.05, 0) is 27.7 Å². The second kappa shape index (κ2) is 19.9. The van der Waals surface area contributed by atoms with Crippen molar-refractivity contribution in [2.45, 2.75) is 52.4 Å². The second-order valence-electron chi connectivity index (χ2n) is 4.07. The van der Waals surface area contributed by atoms with E-state index in [0.717, 1.165) is 26.2 Å². The van der Waals surface area contributed by atoms with Crippen molar-refractivity contribution in [3.05, 3.63) is 14.4 Å². The molecular weight excluding hydrogens is 268 g/mol. The predicted molar refractivity (Wildman–Crippen MR) is 71.7 cm³/mol. The number of aliphatic hydroxyl groups is 2. The van der Waals surface area contributed by atoms with E-state index in [1.807, 2.05) is 0 Å². The van der Waals surface area contributed by atoms with Gasteiger partial charge >= 0.3 is 21.7 Å². The maximum atomic E-state index is 8.06. The number of hydrogen-bond acceptors (Lipinski definition) is 4. The van der Waals surface area contributed by atoms with Crippen molar-refractivity contribution in [2.75, 3.05) is 19.8 Å². The van der Waals surface area contributed by atoms with Gasteiger partial charge in [0.2, 0.25) is 0 Å². The quantitative estimate of drug-likeness (QED) is 0.360. The SMILES string of the molecule is CC(C)O.CC(C)O.[CH2-]CCOCC1CO1.[CH3-].[Ti+2]. The maximum absolute atomic E-state index is 8.06. The van der Waals surface area contributed by atoms with Gasteiger partial charge in [-0.3, -0.25) is 0 Å². The van der Waals surface area contributed by atoms with E-state index in [0.29, 0.717) is 6.10 Å². The molecule has 1 aliphatic rings. The first-order chi connectivity index (χ1) is 7.40. The molecule has 1 atom stereocenters. The first-order valence-electron chi connectivity index (χ1n) is 5.74. The van der Waals surface area contributed by atoms with E-state index in [2.05, 4.69) is 6.92 Å². The summed E-state index contributed by atoms with van der Waals surface area (Å²) in [5.74, 6) is 0. The molecule has 1 rings (SSSR count). The molecular formula is C13H30O4Ti. The zero-order chi connectivity index (χ0) is 13.0. The van der Waals surface area contributed by atoms with E-state index in [9.17, 15) is 0 Å². The topological polar surface area (TPSA) is 62.2 Å². The Hall–Kier alpha value is 0.554. The Morgan fingerprint density at radius 1 is 1.22 bits per heavy atom. The van der Waals surface area contributed by atoms with Crippen LogP contribution in [0.5, 0.6) is 0 Å². The van der Waals surface area contributed by atoms with Crippen LogP contribution in [0.25, 0.3) is 0 Å². The molecule has 0 radical (unpaired) electrons. The minimum Gasteiger partial charge on any atom is -0.394 e. The number of epoxide rings is 1. The summed E-state index contributed by atoms with van der Waals surface area (Å²) in [5, 5.41) is 16.1. The fraction of sp³-hybridized carbons (Fsp3) is 0.846. The Morgan fingerprint density at radius 3 is 1.78 bits per heavy atom. The van der Waals surface area contributed by atoms with Crippen molar-refractivity contribution in [1.82, 2.24) is 0 Å². The van der Waals surface area contributed by atoms with Gasteiger partial charge in [-0.1, -0.05) is 0 Å². The summed E-state index contributed by atoms with van der Waals surface area (Å²) in [7, 11) is 0. The van der Waals surface area contributed by atoms with Crippen LogP contribution in [0.2, 0.25) is 0 Å². The van der Waals surface area contributed by atoms with Crippen LogP contribution >= 0.6 is 0 Å². The van der Waals surface area contributed by atoms with Crippen molar-refractivity contribution in [3.8, 4) is 0 Å². The van der Waals surface area contributed by atoms with Crippen LogP contribution in [-0.4, -0.2) is 48.3 Å². The summed E-state index contributed by atoms with van der Waals surface area (Å²) in [4.78, 5) is 0. The van der Waals surface area contributed by atoms with Crippen LogP contribution in [0.15, 0.2) is 0 Å². The maximum Gasteiger partial charge on any atom is 2.00 e. The van der Waals surface area contributed by atoms with Gasteiger partial charge in [-0.2, -0.15) is 6.42 Å². The third-order valence-corrected chi connectivity index (χ3v) is 0.995. The van der Waals surface area contributed by atoms with Gasteiger partial charge in [0.05, 0.1) is 13.2 Å².